The summed E-state index contributed by atoms with van der Waals surface area (Å²) in [7, 11) is 1.84. The smallest absolute Gasteiger partial charge is 0.242 e. The number of carbonyl (C=O) groups is 1. The highest BCUT2D eigenvalue weighted by molar-refractivity contribution is 5.80. The van der Waals surface area contributed by atoms with Gasteiger partial charge in [0, 0.05) is 19.4 Å². The minimum absolute atomic E-state index is 0.0165. The summed E-state index contributed by atoms with van der Waals surface area (Å²) in [5.74, 6) is 0.0686. The molecule has 0 fully saturated rings. The van der Waals surface area contributed by atoms with Crippen LogP contribution in [0.25, 0.3) is 11.0 Å². The fourth-order valence-corrected chi connectivity index (χ4v) is 2.98. The predicted molar refractivity (Wildman–Crippen MR) is 97.1 cm³/mol. The first kappa shape index (κ1) is 16.9. The predicted octanol–water partition coefficient (Wildman–Crippen LogP) is 2.21. The number of halogens is 1. The number of nitrogens with one attached hydrogen (secondary N) is 1. The third-order valence-corrected chi connectivity index (χ3v) is 4.34. The van der Waals surface area contributed by atoms with Gasteiger partial charge in [0.2, 0.25) is 5.91 Å². The average molecular weight is 364 g/mol. The Morgan fingerprint density at radius 2 is 1.96 bits per heavy atom. The van der Waals surface area contributed by atoms with E-state index in [1.54, 1.807) is 29.2 Å². The molecule has 0 unspecified atom stereocenters. The average Bonchev–Trinajstić information content (AvgIpc) is 3.27. The molecule has 0 aliphatic carbocycles. The van der Waals surface area contributed by atoms with E-state index < -0.39 is 6.04 Å². The SMILES string of the molecule is Cn1ccnc1[C@@H](NC(=O)Cn1nnc2ccccc21)c1ccc(F)cc1. The van der Waals surface area contributed by atoms with E-state index in [0.29, 0.717) is 5.82 Å². The highest BCUT2D eigenvalue weighted by atomic mass is 19.1. The van der Waals surface area contributed by atoms with Crippen LogP contribution in [0.3, 0.4) is 0 Å². The van der Waals surface area contributed by atoms with Crippen LogP contribution in [0.15, 0.2) is 60.9 Å². The number of para-hydroxylation sites is 1. The molecular formula is C19H17FN6O. The molecule has 7 nitrogen and oxygen atoms in total. The summed E-state index contributed by atoms with van der Waals surface area (Å²) in [6, 6.07) is 12.9. The van der Waals surface area contributed by atoms with E-state index in [4.69, 9.17) is 0 Å². The van der Waals surface area contributed by atoms with Crippen molar-refractivity contribution in [3.8, 4) is 0 Å². The molecule has 0 saturated heterocycles. The third kappa shape index (κ3) is 3.41. The van der Waals surface area contributed by atoms with Crippen molar-refractivity contribution in [3.63, 3.8) is 0 Å². The van der Waals surface area contributed by atoms with Crippen molar-refractivity contribution in [1.29, 1.82) is 0 Å². The van der Waals surface area contributed by atoms with Crippen LogP contribution in [0.2, 0.25) is 0 Å². The Labute approximate surface area is 154 Å². The fraction of sp³-hybridized carbons (Fsp3) is 0.158. The number of rotatable bonds is 5. The van der Waals surface area contributed by atoms with Crippen LogP contribution in [-0.2, 0) is 18.4 Å². The van der Waals surface area contributed by atoms with Gasteiger partial charge in [-0.25, -0.2) is 14.1 Å². The van der Waals surface area contributed by atoms with Crippen LogP contribution in [0.4, 0.5) is 4.39 Å². The quantitative estimate of drug-likeness (QED) is 0.589. The lowest BCUT2D eigenvalue weighted by Crippen LogP contribution is -2.33. The molecule has 0 bridgehead atoms. The lowest BCUT2D eigenvalue weighted by Gasteiger charge is -2.19. The third-order valence-electron chi connectivity index (χ3n) is 4.34. The molecule has 0 radical (unpaired) electrons. The van der Waals surface area contributed by atoms with E-state index >= 15 is 0 Å². The Balaban J connectivity index is 1.60. The van der Waals surface area contributed by atoms with Crippen molar-refractivity contribution < 1.29 is 9.18 Å². The number of aryl methyl sites for hydroxylation is 1. The van der Waals surface area contributed by atoms with E-state index in [-0.39, 0.29) is 18.3 Å². The van der Waals surface area contributed by atoms with Crippen molar-refractivity contribution in [1.82, 2.24) is 29.9 Å². The molecule has 136 valence electrons. The zero-order chi connectivity index (χ0) is 18.8. The maximum atomic E-state index is 13.3. The highest BCUT2D eigenvalue weighted by Crippen LogP contribution is 2.21. The van der Waals surface area contributed by atoms with Crippen LogP contribution in [0.1, 0.15) is 17.4 Å². The van der Waals surface area contributed by atoms with Gasteiger partial charge in [0.25, 0.3) is 0 Å². The molecule has 27 heavy (non-hydrogen) atoms. The van der Waals surface area contributed by atoms with E-state index in [1.165, 1.54) is 12.1 Å². The van der Waals surface area contributed by atoms with Crippen LogP contribution in [0, 0.1) is 5.82 Å². The molecule has 0 spiro atoms. The van der Waals surface area contributed by atoms with E-state index in [0.717, 1.165) is 16.6 Å². The van der Waals surface area contributed by atoms with Crippen LogP contribution < -0.4 is 5.32 Å². The van der Waals surface area contributed by atoms with Gasteiger partial charge in [0.1, 0.15) is 29.7 Å². The molecule has 2 aromatic carbocycles. The van der Waals surface area contributed by atoms with Gasteiger partial charge in [-0.05, 0) is 29.8 Å². The summed E-state index contributed by atoms with van der Waals surface area (Å²) in [5.41, 5.74) is 2.25. The summed E-state index contributed by atoms with van der Waals surface area (Å²) in [4.78, 5) is 17.0. The van der Waals surface area contributed by atoms with Crippen LogP contribution in [0.5, 0.6) is 0 Å². The number of aromatic nitrogens is 5. The molecule has 0 aliphatic rings. The van der Waals surface area contributed by atoms with Crippen molar-refractivity contribution in [2.45, 2.75) is 12.6 Å². The first-order valence-corrected chi connectivity index (χ1v) is 8.42. The van der Waals surface area contributed by atoms with Gasteiger partial charge in [-0.2, -0.15) is 0 Å². The highest BCUT2D eigenvalue weighted by Gasteiger charge is 2.21. The molecule has 4 aromatic rings. The number of carbonyl (C=O) groups excluding carboxylic acids is 1. The largest absolute Gasteiger partial charge is 0.340 e. The number of imidazole rings is 1. The Morgan fingerprint density at radius 3 is 2.70 bits per heavy atom. The molecule has 0 aliphatic heterocycles. The summed E-state index contributed by atoms with van der Waals surface area (Å²) in [6.07, 6.45) is 3.45. The zero-order valence-electron chi connectivity index (χ0n) is 14.6. The van der Waals surface area contributed by atoms with Gasteiger partial charge in [0.05, 0.1) is 5.52 Å². The standard InChI is InChI=1S/C19H17FN6O/c1-25-11-10-21-19(25)18(13-6-8-14(20)9-7-13)22-17(27)12-26-16-5-3-2-4-15(16)23-24-26/h2-11,18H,12H2,1H3,(H,22,27)/t18-/m0/s1. The molecule has 2 aromatic heterocycles. The number of nitrogens with zero attached hydrogens (tertiary/aromatic N) is 5. The minimum Gasteiger partial charge on any atom is -0.340 e. The molecule has 1 N–H and O–H groups in total. The number of hydrogen-bond acceptors (Lipinski definition) is 4. The normalized spacial score (nSPS) is 12.2. The van der Waals surface area contributed by atoms with Crippen LogP contribution >= 0.6 is 0 Å². The van der Waals surface area contributed by atoms with Crippen LogP contribution in [-0.4, -0.2) is 30.5 Å². The van der Waals surface area contributed by atoms with Gasteiger partial charge in [-0.1, -0.05) is 29.5 Å². The zero-order valence-corrected chi connectivity index (χ0v) is 14.6. The second-order valence-corrected chi connectivity index (χ2v) is 6.18. The first-order valence-electron chi connectivity index (χ1n) is 8.42. The summed E-state index contributed by atoms with van der Waals surface area (Å²) in [5, 5.41) is 11.1. The van der Waals surface area contributed by atoms with Crippen molar-refractivity contribution in [3.05, 3.63) is 78.1 Å². The van der Waals surface area contributed by atoms with Gasteiger partial charge in [-0.15, -0.1) is 5.10 Å². The molecular weight excluding hydrogens is 347 g/mol. The van der Waals surface area contributed by atoms with E-state index in [1.807, 2.05) is 35.9 Å². The molecule has 8 heteroatoms. The maximum Gasteiger partial charge on any atom is 0.242 e. The Hall–Kier alpha value is -3.55. The summed E-state index contributed by atoms with van der Waals surface area (Å²) in [6.45, 7) is 0.0165. The van der Waals surface area contributed by atoms with Crippen molar-refractivity contribution in [2.75, 3.05) is 0 Å². The first-order chi connectivity index (χ1) is 13.1. The van der Waals surface area contributed by atoms with Gasteiger partial charge in [0.15, 0.2) is 0 Å². The molecule has 4 rings (SSSR count). The Kier molecular flexibility index (Phi) is 4.37. The second-order valence-electron chi connectivity index (χ2n) is 6.18. The summed E-state index contributed by atoms with van der Waals surface area (Å²) >= 11 is 0. The van der Waals surface area contributed by atoms with Gasteiger partial charge < -0.3 is 9.88 Å². The van der Waals surface area contributed by atoms with Crippen molar-refractivity contribution >= 4 is 16.9 Å². The molecule has 1 atom stereocenters. The number of hydrogen-bond donors (Lipinski definition) is 1. The second kappa shape index (κ2) is 6.99. The topological polar surface area (TPSA) is 77.6 Å². The number of fused-ring (bicyclic) bond motifs is 1. The lowest BCUT2D eigenvalue weighted by atomic mass is 10.1. The number of amides is 1. The van der Waals surface area contributed by atoms with E-state index in [9.17, 15) is 9.18 Å². The maximum absolute atomic E-state index is 13.3. The van der Waals surface area contributed by atoms with Gasteiger partial charge in [-0.3, -0.25) is 4.79 Å². The van der Waals surface area contributed by atoms with Crippen molar-refractivity contribution in [2.24, 2.45) is 7.05 Å². The van der Waals surface area contributed by atoms with E-state index in [2.05, 4.69) is 20.6 Å². The van der Waals surface area contributed by atoms with Gasteiger partial charge >= 0.3 is 0 Å². The molecule has 2 heterocycles. The molecule has 0 saturated carbocycles. The number of benzene rings is 2. The lowest BCUT2D eigenvalue weighted by molar-refractivity contribution is -0.122. The Bertz CT molecular complexity index is 1080. The minimum atomic E-state index is -0.507. The molecule has 1 amide bonds. The Morgan fingerprint density at radius 1 is 1.19 bits per heavy atom. The monoisotopic (exact) mass is 364 g/mol. The fourth-order valence-electron chi connectivity index (χ4n) is 2.98. The summed E-state index contributed by atoms with van der Waals surface area (Å²) < 4.78 is 16.7.